The van der Waals surface area contributed by atoms with Gasteiger partial charge >= 0.3 is 0 Å². The van der Waals surface area contributed by atoms with Crippen LogP contribution in [-0.2, 0) is 4.79 Å². The van der Waals surface area contributed by atoms with E-state index in [2.05, 4.69) is 35.9 Å². The smallest absolute Gasteiger partial charge is 0.226 e. The molecule has 2 aromatic heterocycles. The van der Waals surface area contributed by atoms with E-state index >= 15 is 0 Å². The summed E-state index contributed by atoms with van der Waals surface area (Å²) in [6, 6.07) is 0.201. The van der Waals surface area contributed by atoms with E-state index in [4.69, 9.17) is 0 Å². The number of rotatable bonds is 7. The fourth-order valence-corrected chi connectivity index (χ4v) is 1.82. The first-order chi connectivity index (χ1) is 10.1. The number of aromatic amines is 1. The van der Waals surface area contributed by atoms with Gasteiger partial charge in [0.1, 0.15) is 5.52 Å². The van der Waals surface area contributed by atoms with Crippen LogP contribution in [0.1, 0.15) is 26.7 Å². The van der Waals surface area contributed by atoms with Crippen LogP contribution >= 0.6 is 0 Å². The molecular weight excluding hydrogens is 270 g/mol. The average Bonchev–Trinajstić information content (AvgIpc) is 2.95. The van der Waals surface area contributed by atoms with Gasteiger partial charge in [0.05, 0.1) is 6.33 Å². The van der Waals surface area contributed by atoms with Gasteiger partial charge in [-0.25, -0.2) is 4.98 Å². The molecule has 0 aliphatic carbocycles. The highest BCUT2D eigenvalue weighted by Crippen LogP contribution is 2.18. The fraction of sp³-hybridized carbons (Fsp3) is 0.538. The molecule has 2 aromatic rings. The Hall–Kier alpha value is -2.38. The molecule has 1 atom stereocenters. The fourth-order valence-electron chi connectivity index (χ4n) is 1.82. The minimum absolute atomic E-state index is 0.0283. The molecule has 2 rings (SSSR count). The molecule has 2 heterocycles. The highest BCUT2D eigenvalue weighted by molar-refractivity contribution is 5.84. The number of anilines is 2. The summed E-state index contributed by atoms with van der Waals surface area (Å²) >= 11 is 0. The maximum Gasteiger partial charge on any atom is 0.226 e. The van der Waals surface area contributed by atoms with Crippen molar-refractivity contribution in [3.05, 3.63) is 6.33 Å². The van der Waals surface area contributed by atoms with E-state index in [9.17, 15) is 4.79 Å². The third-order valence-corrected chi connectivity index (χ3v) is 3.17. The zero-order valence-electron chi connectivity index (χ0n) is 12.5. The lowest BCUT2D eigenvalue weighted by Crippen LogP contribution is -2.33. The van der Waals surface area contributed by atoms with E-state index < -0.39 is 0 Å². The van der Waals surface area contributed by atoms with Crippen LogP contribution in [0, 0.1) is 0 Å². The number of H-pyrrole nitrogens is 1. The lowest BCUT2D eigenvalue weighted by atomic mass is 10.2. The lowest BCUT2D eigenvalue weighted by molar-refractivity contribution is -0.121. The molecule has 0 spiro atoms. The minimum Gasteiger partial charge on any atom is -0.368 e. The van der Waals surface area contributed by atoms with E-state index in [1.165, 1.54) is 0 Å². The van der Waals surface area contributed by atoms with Crippen molar-refractivity contribution in [2.24, 2.45) is 0 Å². The second-order valence-corrected chi connectivity index (χ2v) is 4.80. The number of carbonyl (C=O) groups is 1. The van der Waals surface area contributed by atoms with Crippen molar-refractivity contribution >= 4 is 28.8 Å². The summed E-state index contributed by atoms with van der Waals surface area (Å²) in [5, 5.41) is 8.96. The SMILES string of the molecule is CCC(C)NC(=O)CCNc1nc(NC)nc2nc[nH]c12. The predicted octanol–water partition coefficient (Wildman–Crippen LogP) is 1.11. The Labute approximate surface area is 123 Å². The third kappa shape index (κ3) is 3.80. The van der Waals surface area contributed by atoms with Crippen molar-refractivity contribution in [3.8, 4) is 0 Å². The highest BCUT2D eigenvalue weighted by atomic mass is 16.1. The minimum atomic E-state index is 0.0283. The number of carbonyl (C=O) groups excluding carboxylic acids is 1. The second kappa shape index (κ2) is 6.87. The first kappa shape index (κ1) is 15.0. The topological polar surface area (TPSA) is 108 Å². The Balaban J connectivity index is 1.97. The second-order valence-electron chi connectivity index (χ2n) is 4.80. The molecule has 0 fully saturated rings. The van der Waals surface area contributed by atoms with Gasteiger partial charge in [-0.1, -0.05) is 6.92 Å². The van der Waals surface area contributed by atoms with Crippen LogP contribution in [0.2, 0.25) is 0 Å². The largest absolute Gasteiger partial charge is 0.368 e. The summed E-state index contributed by atoms with van der Waals surface area (Å²) in [5.41, 5.74) is 1.32. The van der Waals surface area contributed by atoms with Crippen molar-refractivity contribution in [1.82, 2.24) is 25.3 Å². The van der Waals surface area contributed by atoms with Gasteiger partial charge < -0.3 is 20.9 Å². The summed E-state index contributed by atoms with van der Waals surface area (Å²) in [7, 11) is 1.75. The highest BCUT2D eigenvalue weighted by Gasteiger charge is 2.10. The van der Waals surface area contributed by atoms with Crippen LogP contribution in [0.5, 0.6) is 0 Å². The number of fused-ring (bicyclic) bond motifs is 1. The molecule has 0 bridgehead atoms. The Morgan fingerprint density at radius 1 is 1.43 bits per heavy atom. The zero-order valence-corrected chi connectivity index (χ0v) is 12.5. The summed E-state index contributed by atoms with van der Waals surface area (Å²) < 4.78 is 0. The molecule has 0 aliphatic rings. The number of aromatic nitrogens is 4. The van der Waals surface area contributed by atoms with Gasteiger partial charge in [0, 0.05) is 26.1 Å². The number of hydrogen-bond donors (Lipinski definition) is 4. The Morgan fingerprint density at radius 2 is 2.24 bits per heavy atom. The van der Waals surface area contributed by atoms with E-state index in [1.54, 1.807) is 13.4 Å². The summed E-state index contributed by atoms with van der Waals surface area (Å²) in [4.78, 5) is 27.4. The summed E-state index contributed by atoms with van der Waals surface area (Å²) in [6.45, 7) is 4.53. The normalized spacial score (nSPS) is 12.1. The molecule has 0 saturated heterocycles. The molecule has 8 heteroatoms. The van der Waals surface area contributed by atoms with Crippen LogP contribution < -0.4 is 16.0 Å². The van der Waals surface area contributed by atoms with E-state index in [-0.39, 0.29) is 11.9 Å². The molecule has 114 valence electrons. The van der Waals surface area contributed by atoms with Gasteiger partial charge in [-0.05, 0) is 13.3 Å². The van der Waals surface area contributed by atoms with Crippen LogP contribution in [0.25, 0.3) is 11.2 Å². The molecular formula is C13H21N7O. The molecule has 0 aromatic carbocycles. The van der Waals surface area contributed by atoms with Crippen LogP contribution in [0.3, 0.4) is 0 Å². The molecule has 0 radical (unpaired) electrons. The van der Waals surface area contributed by atoms with Crippen molar-refractivity contribution < 1.29 is 4.79 Å². The molecule has 21 heavy (non-hydrogen) atoms. The number of nitrogens with zero attached hydrogens (tertiary/aromatic N) is 3. The number of imidazole rings is 1. The van der Waals surface area contributed by atoms with Gasteiger partial charge in [-0.3, -0.25) is 4.79 Å². The lowest BCUT2D eigenvalue weighted by Gasteiger charge is -2.12. The van der Waals surface area contributed by atoms with Crippen molar-refractivity contribution in [1.29, 1.82) is 0 Å². The number of amides is 1. The molecule has 1 amide bonds. The van der Waals surface area contributed by atoms with E-state index in [0.29, 0.717) is 30.4 Å². The first-order valence-electron chi connectivity index (χ1n) is 7.06. The van der Waals surface area contributed by atoms with Gasteiger partial charge in [0.15, 0.2) is 11.5 Å². The van der Waals surface area contributed by atoms with Gasteiger partial charge in [0.25, 0.3) is 0 Å². The maximum atomic E-state index is 11.7. The van der Waals surface area contributed by atoms with E-state index in [1.807, 2.05) is 13.8 Å². The predicted molar refractivity (Wildman–Crippen MR) is 82.2 cm³/mol. The Morgan fingerprint density at radius 3 is 2.95 bits per heavy atom. The molecule has 8 nitrogen and oxygen atoms in total. The molecule has 0 aliphatic heterocycles. The summed E-state index contributed by atoms with van der Waals surface area (Å²) in [6.07, 6.45) is 2.88. The van der Waals surface area contributed by atoms with Crippen LogP contribution in [0.15, 0.2) is 6.33 Å². The average molecular weight is 291 g/mol. The van der Waals surface area contributed by atoms with Gasteiger partial charge in [-0.15, -0.1) is 0 Å². The zero-order chi connectivity index (χ0) is 15.2. The van der Waals surface area contributed by atoms with Gasteiger partial charge in [-0.2, -0.15) is 9.97 Å². The van der Waals surface area contributed by atoms with E-state index in [0.717, 1.165) is 11.9 Å². The molecule has 1 unspecified atom stereocenters. The maximum absolute atomic E-state index is 11.7. The Kier molecular flexibility index (Phi) is 4.91. The van der Waals surface area contributed by atoms with Gasteiger partial charge in [0.2, 0.25) is 11.9 Å². The number of hydrogen-bond acceptors (Lipinski definition) is 6. The van der Waals surface area contributed by atoms with Crippen molar-refractivity contribution in [2.45, 2.75) is 32.7 Å². The standard InChI is InChI=1S/C13H21N7O/c1-4-8(2)18-9(21)5-6-15-11-10-12(17-7-16-10)20-13(14-3)19-11/h7-8H,4-6H2,1-3H3,(H,18,21)(H3,14,15,16,17,19,20). The first-order valence-corrected chi connectivity index (χ1v) is 7.06. The Bertz CT molecular complexity index is 610. The van der Waals surface area contributed by atoms with Crippen LogP contribution in [0.4, 0.5) is 11.8 Å². The molecule has 4 N–H and O–H groups in total. The monoisotopic (exact) mass is 291 g/mol. The van der Waals surface area contributed by atoms with Crippen LogP contribution in [-0.4, -0.2) is 45.5 Å². The number of nitrogens with one attached hydrogen (secondary N) is 4. The van der Waals surface area contributed by atoms with Crippen molar-refractivity contribution in [3.63, 3.8) is 0 Å². The third-order valence-electron chi connectivity index (χ3n) is 3.17. The van der Waals surface area contributed by atoms with Crippen molar-refractivity contribution in [2.75, 3.05) is 24.2 Å². The molecule has 0 saturated carbocycles. The quantitative estimate of drug-likeness (QED) is 0.608. The summed E-state index contributed by atoms with van der Waals surface area (Å²) in [5.74, 6) is 1.15.